The topological polar surface area (TPSA) is 40.6 Å². The van der Waals surface area contributed by atoms with Gasteiger partial charge in [-0.3, -0.25) is 9.59 Å². The van der Waals surface area contributed by atoms with Crippen molar-refractivity contribution in [1.29, 1.82) is 0 Å². The van der Waals surface area contributed by atoms with Gasteiger partial charge < -0.3 is 9.80 Å². The summed E-state index contributed by atoms with van der Waals surface area (Å²) in [6.07, 6.45) is 1.44. The smallest absolute Gasteiger partial charge is 0.254 e. The van der Waals surface area contributed by atoms with E-state index in [1.54, 1.807) is 0 Å². The minimum atomic E-state index is -0.0847. The van der Waals surface area contributed by atoms with E-state index < -0.39 is 0 Å². The van der Waals surface area contributed by atoms with Crippen LogP contribution >= 0.6 is 11.3 Å². The van der Waals surface area contributed by atoms with Crippen LogP contribution in [0.1, 0.15) is 23.2 Å². The van der Waals surface area contributed by atoms with Crippen molar-refractivity contribution in [2.24, 2.45) is 5.41 Å². The molecule has 23 heavy (non-hydrogen) atoms. The summed E-state index contributed by atoms with van der Waals surface area (Å²) < 4.78 is 0. The number of hydrogen-bond donors (Lipinski definition) is 0. The van der Waals surface area contributed by atoms with Gasteiger partial charge in [0.2, 0.25) is 5.91 Å². The van der Waals surface area contributed by atoms with E-state index in [0.29, 0.717) is 19.5 Å². The molecular weight excluding hydrogens is 308 g/mol. The highest BCUT2D eigenvalue weighted by Gasteiger charge is 2.48. The monoisotopic (exact) mass is 326 g/mol. The Kier molecular flexibility index (Phi) is 3.45. The van der Waals surface area contributed by atoms with Crippen LogP contribution in [0.5, 0.6) is 0 Å². The van der Waals surface area contributed by atoms with Crippen LogP contribution in [0.2, 0.25) is 0 Å². The molecule has 0 radical (unpaired) electrons. The quantitative estimate of drug-likeness (QED) is 0.851. The second kappa shape index (κ2) is 5.49. The number of anilines is 1. The highest BCUT2D eigenvalue weighted by molar-refractivity contribution is 7.08. The molecule has 2 saturated heterocycles. The first-order chi connectivity index (χ1) is 11.2. The molecule has 1 atom stereocenters. The number of nitrogens with zero attached hydrogens (tertiary/aromatic N) is 2. The van der Waals surface area contributed by atoms with Gasteiger partial charge in [-0.15, -0.1) is 0 Å². The lowest BCUT2D eigenvalue weighted by Crippen LogP contribution is -2.34. The predicted octanol–water partition coefficient (Wildman–Crippen LogP) is 3.02. The fourth-order valence-electron chi connectivity index (χ4n) is 3.69. The number of carbonyl (C=O) groups excluding carboxylic acids is 2. The average Bonchev–Trinajstić information content (AvgIpc) is 3.29. The number of amides is 2. The van der Waals surface area contributed by atoms with Crippen LogP contribution < -0.4 is 4.90 Å². The van der Waals surface area contributed by atoms with E-state index in [-0.39, 0.29) is 17.2 Å². The molecule has 0 N–H and O–H groups in total. The van der Waals surface area contributed by atoms with E-state index in [0.717, 1.165) is 24.2 Å². The van der Waals surface area contributed by atoms with Gasteiger partial charge >= 0.3 is 0 Å². The largest absolute Gasteiger partial charge is 0.338 e. The highest BCUT2D eigenvalue weighted by Crippen LogP contribution is 2.42. The van der Waals surface area contributed by atoms with Crippen LogP contribution in [-0.4, -0.2) is 36.3 Å². The Morgan fingerprint density at radius 1 is 1.13 bits per heavy atom. The van der Waals surface area contributed by atoms with Gasteiger partial charge in [-0.25, -0.2) is 0 Å². The summed E-state index contributed by atoms with van der Waals surface area (Å²) in [7, 11) is 0. The minimum Gasteiger partial charge on any atom is -0.338 e. The summed E-state index contributed by atoms with van der Waals surface area (Å²) in [5.74, 6) is 0.259. The van der Waals surface area contributed by atoms with Crippen LogP contribution in [0.25, 0.3) is 0 Å². The molecule has 1 aromatic carbocycles. The van der Waals surface area contributed by atoms with Gasteiger partial charge in [-0.05, 0) is 30.0 Å². The predicted molar refractivity (Wildman–Crippen MR) is 90.7 cm³/mol. The Morgan fingerprint density at radius 3 is 2.70 bits per heavy atom. The maximum Gasteiger partial charge on any atom is 0.254 e. The van der Waals surface area contributed by atoms with Crippen molar-refractivity contribution in [2.45, 2.75) is 12.8 Å². The summed E-state index contributed by atoms with van der Waals surface area (Å²) in [5.41, 5.74) is 1.63. The number of carbonyl (C=O) groups is 2. The first kappa shape index (κ1) is 14.5. The maximum atomic E-state index is 12.5. The molecule has 2 fully saturated rings. The minimum absolute atomic E-state index is 0.0847. The molecule has 1 spiro atoms. The fourth-order valence-corrected chi connectivity index (χ4v) is 4.32. The van der Waals surface area contributed by atoms with E-state index >= 15 is 0 Å². The van der Waals surface area contributed by atoms with Crippen LogP contribution in [0.4, 0.5) is 5.69 Å². The van der Waals surface area contributed by atoms with E-state index in [1.807, 2.05) is 57.0 Å². The molecule has 0 saturated carbocycles. The number of hydrogen-bond acceptors (Lipinski definition) is 3. The first-order valence-electron chi connectivity index (χ1n) is 7.84. The Morgan fingerprint density at radius 2 is 1.96 bits per heavy atom. The van der Waals surface area contributed by atoms with Gasteiger partial charge in [0.15, 0.2) is 0 Å². The van der Waals surface area contributed by atoms with Crippen molar-refractivity contribution >= 4 is 28.8 Å². The summed E-state index contributed by atoms with van der Waals surface area (Å²) >= 11 is 1.54. The molecule has 1 unspecified atom stereocenters. The molecular formula is C18H18N2O2S. The molecule has 2 aliphatic rings. The first-order valence-corrected chi connectivity index (χ1v) is 8.78. The van der Waals surface area contributed by atoms with Crippen LogP contribution in [0.3, 0.4) is 0 Å². The summed E-state index contributed by atoms with van der Waals surface area (Å²) in [6.45, 7) is 2.13. The van der Waals surface area contributed by atoms with Gasteiger partial charge in [0.1, 0.15) is 0 Å². The van der Waals surface area contributed by atoms with Gasteiger partial charge in [0.25, 0.3) is 5.91 Å². The van der Waals surface area contributed by atoms with Gasteiger partial charge in [0.05, 0.1) is 5.56 Å². The molecule has 2 aliphatic heterocycles. The Hall–Kier alpha value is -2.14. The summed E-state index contributed by atoms with van der Waals surface area (Å²) in [5, 5.41) is 3.82. The number of likely N-dealkylation sites (tertiary alicyclic amines) is 1. The molecule has 0 bridgehead atoms. The molecule has 4 rings (SSSR count). The Bertz CT molecular complexity index is 729. The second-order valence-electron chi connectivity index (χ2n) is 6.48. The van der Waals surface area contributed by atoms with Crippen LogP contribution in [0, 0.1) is 5.41 Å². The Balaban J connectivity index is 1.51. The van der Waals surface area contributed by atoms with Crippen molar-refractivity contribution in [2.75, 3.05) is 24.5 Å². The normalized spacial score (nSPS) is 23.9. The van der Waals surface area contributed by atoms with Crippen LogP contribution in [0.15, 0.2) is 47.2 Å². The zero-order chi connectivity index (χ0) is 15.9. The third-order valence-corrected chi connectivity index (χ3v) is 5.57. The van der Waals surface area contributed by atoms with Crippen molar-refractivity contribution in [3.8, 4) is 0 Å². The molecule has 4 nitrogen and oxygen atoms in total. The van der Waals surface area contributed by atoms with Crippen molar-refractivity contribution < 1.29 is 9.59 Å². The van der Waals surface area contributed by atoms with Crippen molar-refractivity contribution in [1.82, 2.24) is 4.90 Å². The number of para-hydroxylation sites is 1. The second-order valence-corrected chi connectivity index (χ2v) is 7.26. The van der Waals surface area contributed by atoms with Gasteiger partial charge in [-0.1, -0.05) is 18.2 Å². The van der Waals surface area contributed by atoms with Gasteiger partial charge in [0, 0.05) is 42.5 Å². The standard InChI is InChI=1S/C18H18N2O2S/c21-16-10-18(13-20(16)15-4-2-1-3-5-15)7-8-19(12-18)17(22)14-6-9-23-11-14/h1-6,9,11H,7-8,10,12-13H2. The number of benzene rings is 1. The third-order valence-electron chi connectivity index (χ3n) is 4.88. The molecule has 0 aliphatic carbocycles. The van der Waals surface area contributed by atoms with Gasteiger partial charge in [-0.2, -0.15) is 11.3 Å². The zero-order valence-electron chi connectivity index (χ0n) is 12.8. The molecule has 118 valence electrons. The molecule has 3 heterocycles. The van der Waals surface area contributed by atoms with Crippen LogP contribution in [-0.2, 0) is 4.79 Å². The summed E-state index contributed by atoms with van der Waals surface area (Å²) in [6, 6.07) is 11.7. The lowest BCUT2D eigenvalue weighted by Gasteiger charge is -2.24. The van der Waals surface area contributed by atoms with E-state index in [9.17, 15) is 9.59 Å². The molecule has 1 aromatic heterocycles. The lowest BCUT2D eigenvalue weighted by atomic mass is 9.86. The maximum absolute atomic E-state index is 12.5. The van der Waals surface area contributed by atoms with Crippen molar-refractivity contribution in [3.05, 3.63) is 52.7 Å². The number of thiophene rings is 1. The molecule has 2 aromatic rings. The van der Waals surface area contributed by atoms with E-state index in [2.05, 4.69) is 0 Å². The zero-order valence-corrected chi connectivity index (χ0v) is 13.6. The number of rotatable bonds is 2. The lowest BCUT2D eigenvalue weighted by molar-refractivity contribution is -0.117. The third kappa shape index (κ3) is 2.55. The molecule has 5 heteroatoms. The van der Waals surface area contributed by atoms with Crippen molar-refractivity contribution in [3.63, 3.8) is 0 Å². The van der Waals surface area contributed by atoms with E-state index in [1.165, 1.54) is 11.3 Å². The summed E-state index contributed by atoms with van der Waals surface area (Å²) in [4.78, 5) is 28.8. The molecule has 2 amide bonds. The Labute approximate surface area is 139 Å². The fraction of sp³-hybridized carbons (Fsp3) is 0.333. The average molecular weight is 326 g/mol. The SMILES string of the molecule is O=C(c1ccsc1)N1CCC2(CC(=O)N(c3ccccc3)C2)C1. The van der Waals surface area contributed by atoms with E-state index in [4.69, 9.17) is 0 Å². The highest BCUT2D eigenvalue weighted by atomic mass is 32.1.